The van der Waals surface area contributed by atoms with Gasteiger partial charge in [-0.2, -0.15) is 10.2 Å². The molecule has 1 heterocycles. The van der Waals surface area contributed by atoms with Crippen LogP contribution < -0.4 is 0 Å². The van der Waals surface area contributed by atoms with Gasteiger partial charge in [-0.25, -0.2) is 0 Å². The monoisotopic (exact) mass is 289 g/mol. The second-order valence-corrected chi connectivity index (χ2v) is 6.81. The maximum Gasteiger partial charge on any atom is 0.250 e. The lowest BCUT2D eigenvalue weighted by Crippen LogP contribution is -2.27. The Morgan fingerprint density at radius 2 is 2.10 bits per heavy atom. The van der Waals surface area contributed by atoms with Crippen molar-refractivity contribution in [2.75, 3.05) is 6.54 Å². The fourth-order valence-corrected chi connectivity index (χ4v) is 2.18. The average Bonchev–Trinajstić information content (AvgIpc) is 2.53. The van der Waals surface area contributed by atoms with E-state index in [1.54, 1.807) is 11.0 Å². The lowest BCUT2D eigenvalue weighted by molar-refractivity contribution is -0.123. The van der Waals surface area contributed by atoms with Crippen molar-refractivity contribution < 1.29 is 4.79 Å². The molecule has 0 aliphatic carbocycles. The van der Waals surface area contributed by atoms with Crippen molar-refractivity contribution >= 4 is 18.3 Å². The van der Waals surface area contributed by atoms with Crippen molar-refractivity contribution in [3.63, 3.8) is 0 Å². The molecule has 1 amide bonds. The Morgan fingerprint density at radius 3 is 2.62 bits per heavy atom. The first kappa shape index (κ1) is 17.3. The van der Waals surface area contributed by atoms with Gasteiger partial charge in [0.05, 0.1) is 5.71 Å². The van der Waals surface area contributed by atoms with Crippen LogP contribution in [-0.4, -0.2) is 29.8 Å². The molecule has 0 spiro atoms. The maximum absolute atomic E-state index is 12.4. The number of nitrogens with zero attached hydrogens (tertiary/aromatic N) is 3. The van der Waals surface area contributed by atoms with Gasteiger partial charge >= 0.3 is 0 Å². The van der Waals surface area contributed by atoms with E-state index in [1.165, 1.54) is 0 Å². The smallest absolute Gasteiger partial charge is 0.250 e. The first-order valence-electron chi connectivity index (χ1n) is 7.48. The van der Waals surface area contributed by atoms with E-state index in [1.807, 2.05) is 12.3 Å². The van der Waals surface area contributed by atoms with Gasteiger partial charge in [-0.15, -0.1) is 0 Å². The van der Waals surface area contributed by atoms with E-state index < -0.39 is 0 Å². The van der Waals surface area contributed by atoms with Gasteiger partial charge in [-0.3, -0.25) is 4.79 Å². The highest BCUT2D eigenvalue weighted by Crippen LogP contribution is 2.25. The Labute approximate surface area is 128 Å². The third-order valence-electron chi connectivity index (χ3n) is 3.34. The first-order chi connectivity index (χ1) is 9.75. The standard InChI is InChI=1S/C17H27N3O/c1-13(2)9-11-20-10-7-8-14(12-15(20)21)16(19-18-6)17(3,4)5/h7,10,12-13H,6,8-9,11H2,1-5H3/b19-16-. The molecule has 0 saturated carbocycles. The number of hydrogen-bond donors (Lipinski definition) is 0. The van der Waals surface area contributed by atoms with Crippen LogP contribution >= 0.6 is 0 Å². The van der Waals surface area contributed by atoms with Crippen LogP contribution in [0.2, 0.25) is 0 Å². The second-order valence-electron chi connectivity index (χ2n) is 6.81. The van der Waals surface area contributed by atoms with E-state index in [-0.39, 0.29) is 11.3 Å². The highest BCUT2D eigenvalue weighted by Gasteiger charge is 2.25. The summed E-state index contributed by atoms with van der Waals surface area (Å²) in [6.07, 6.45) is 7.27. The second kappa shape index (κ2) is 7.34. The van der Waals surface area contributed by atoms with E-state index in [9.17, 15) is 4.79 Å². The first-order valence-corrected chi connectivity index (χ1v) is 7.48. The molecular formula is C17H27N3O. The summed E-state index contributed by atoms with van der Waals surface area (Å²) in [5, 5.41) is 7.81. The van der Waals surface area contributed by atoms with Gasteiger partial charge in [0.1, 0.15) is 0 Å². The fraction of sp³-hybridized carbons (Fsp3) is 0.588. The highest BCUT2D eigenvalue weighted by molar-refractivity contribution is 6.08. The molecule has 116 valence electrons. The molecule has 1 aliphatic heterocycles. The molecule has 0 N–H and O–H groups in total. The molecule has 4 heteroatoms. The summed E-state index contributed by atoms with van der Waals surface area (Å²) in [4.78, 5) is 14.1. The van der Waals surface area contributed by atoms with Gasteiger partial charge in [0, 0.05) is 31.0 Å². The molecule has 0 atom stereocenters. The molecule has 0 unspecified atom stereocenters. The summed E-state index contributed by atoms with van der Waals surface area (Å²) in [5.74, 6) is 0.593. The van der Waals surface area contributed by atoms with E-state index in [0.717, 1.165) is 24.3 Å². The highest BCUT2D eigenvalue weighted by atomic mass is 16.2. The van der Waals surface area contributed by atoms with E-state index in [4.69, 9.17) is 0 Å². The molecule has 1 rings (SSSR count). The number of carbonyl (C=O) groups excluding carboxylic acids is 1. The zero-order valence-corrected chi connectivity index (χ0v) is 13.9. The Morgan fingerprint density at radius 1 is 1.43 bits per heavy atom. The van der Waals surface area contributed by atoms with Crippen LogP contribution in [0.15, 0.2) is 34.1 Å². The SMILES string of the molecule is C=N/N=C(/C1=CC(=O)N(CCC(C)C)C=CC1)C(C)(C)C. The number of hydrogen-bond acceptors (Lipinski definition) is 3. The Hall–Kier alpha value is -1.71. The Bertz CT molecular complexity index is 479. The van der Waals surface area contributed by atoms with Crippen LogP contribution in [0.3, 0.4) is 0 Å². The van der Waals surface area contributed by atoms with Crippen molar-refractivity contribution in [1.29, 1.82) is 0 Å². The van der Waals surface area contributed by atoms with Crippen LogP contribution in [0.4, 0.5) is 0 Å². The molecular weight excluding hydrogens is 262 g/mol. The molecule has 0 bridgehead atoms. The summed E-state index contributed by atoms with van der Waals surface area (Å²) >= 11 is 0. The van der Waals surface area contributed by atoms with Crippen molar-refractivity contribution in [3.8, 4) is 0 Å². The fourth-order valence-electron chi connectivity index (χ4n) is 2.18. The van der Waals surface area contributed by atoms with E-state index >= 15 is 0 Å². The summed E-state index contributed by atoms with van der Waals surface area (Å²) in [6, 6.07) is 0. The quantitative estimate of drug-likeness (QED) is 0.560. The van der Waals surface area contributed by atoms with Gasteiger partial charge in [-0.05, 0) is 24.3 Å². The van der Waals surface area contributed by atoms with Gasteiger partial charge in [0.15, 0.2) is 0 Å². The van der Waals surface area contributed by atoms with Gasteiger partial charge in [-0.1, -0.05) is 40.7 Å². The minimum Gasteiger partial charge on any atom is -0.316 e. The van der Waals surface area contributed by atoms with Gasteiger partial charge in [0.25, 0.3) is 5.91 Å². The molecule has 21 heavy (non-hydrogen) atoms. The molecule has 0 saturated heterocycles. The van der Waals surface area contributed by atoms with Crippen LogP contribution in [0, 0.1) is 11.3 Å². The lowest BCUT2D eigenvalue weighted by Gasteiger charge is -2.22. The number of amides is 1. The van der Waals surface area contributed by atoms with Crippen molar-refractivity contribution in [1.82, 2.24) is 4.90 Å². The van der Waals surface area contributed by atoms with Crippen LogP contribution in [0.5, 0.6) is 0 Å². The predicted octanol–water partition coefficient (Wildman–Crippen LogP) is 3.81. The van der Waals surface area contributed by atoms with Gasteiger partial charge < -0.3 is 4.90 Å². The third kappa shape index (κ3) is 5.29. The van der Waals surface area contributed by atoms with E-state index in [2.05, 4.69) is 51.5 Å². The van der Waals surface area contributed by atoms with Crippen LogP contribution in [0.1, 0.15) is 47.5 Å². The normalized spacial score (nSPS) is 17.0. The summed E-state index contributed by atoms with van der Waals surface area (Å²) in [6.45, 7) is 14.7. The summed E-state index contributed by atoms with van der Waals surface area (Å²) < 4.78 is 0. The largest absolute Gasteiger partial charge is 0.316 e. The number of rotatable bonds is 5. The van der Waals surface area contributed by atoms with Crippen molar-refractivity contribution in [2.45, 2.75) is 47.5 Å². The van der Waals surface area contributed by atoms with Gasteiger partial charge in [0.2, 0.25) is 0 Å². The van der Waals surface area contributed by atoms with Crippen LogP contribution in [-0.2, 0) is 4.79 Å². The molecule has 0 radical (unpaired) electrons. The molecule has 0 aromatic carbocycles. The number of carbonyl (C=O) groups is 1. The average molecular weight is 289 g/mol. The van der Waals surface area contributed by atoms with Crippen LogP contribution in [0.25, 0.3) is 0 Å². The molecule has 4 nitrogen and oxygen atoms in total. The minimum atomic E-state index is -0.172. The molecule has 0 aromatic rings. The third-order valence-corrected chi connectivity index (χ3v) is 3.34. The predicted molar refractivity (Wildman–Crippen MR) is 89.4 cm³/mol. The van der Waals surface area contributed by atoms with Crippen molar-refractivity contribution in [2.24, 2.45) is 21.5 Å². The maximum atomic E-state index is 12.4. The molecule has 0 aromatic heterocycles. The summed E-state index contributed by atoms with van der Waals surface area (Å²) in [7, 11) is 0. The zero-order chi connectivity index (χ0) is 16.0. The minimum absolute atomic E-state index is 0.0143. The Kier molecular flexibility index (Phi) is 6.06. The summed E-state index contributed by atoms with van der Waals surface area (Å²) in [5.41, 5.74) is 1.57. The Balaban J connectivity index is 2.99. The zero-order valence-electron chi connectivity index (χ0n) is 13.9. The number of allylic oxidation sites excluding steroid dienone is 2. The molecule has 0 fully saturated rings. The van der Waals surface area contributed by atoms with E-state index in [0.29, 0.717) is 12.3 Å². The topological polar surface area (TPSA) is 45.0 Å². The van der Waals surface area contributed by atoms with Crippen molar-refractivity contribution in [3.05, 3.63) is 23.9 Å². The lowest BCUT2D eigenvalue weighted by atomic mass is 9.84. The molecule has 1 aliphatic rings.